The summed E-state index contributed by atoms with van der Waals surface area (Å²) in [6.45, 7) is 2.56. The Morgan fingerprint density at radius 1 is 1.25 bits per heavy atom. The molecule has 0 aliphatic carbocycles. The number of halogens is 1. The second-order valence-corrected chi connectivity index (χ2v) is 4.67. The van der Waals surface area contributed by atoms with Gasteiger partial charge < -0.3 is 15.2 Å². The predicted octanol–water partition coefficient (Wildman–Crippen LogP) is 3.39. The van der Waals surface area contributed by atoms with E-state index in [0.717, 1.165) is 11.1 Å². The van der Waals surface area contributed by atoms with Gasteiger partial charge in [0.05, 0.1) is 7.11 Å². The molecule has 1 atom stereocenters. The Morgan fingerprint density at radius 3 is 2.70 bits per heavy atom. The van der Waals surface area contributed by atoms with Crippen molar-refractivity contribution in [3.8, 4) is 11.5 Å². The Kier molecular flexibility index (Phi) is 4.58. The molecule has 4 heteroatoms. The fourth-order valence-electron chi connectivity index (χ4n) is 2.01. The topological polar surface area (TPSA) is 41.5 Å². The number of rotatable bonds is 5. The van der Waals surface area contributed by atoms with Gasteiger partial charge in [-0.05, 0) is 42.3 Å². The summed E-state index contributed by atoms with van der Waals surface area (Å²) in [5.41, 5.74) is 1.83. The number of aromatic hydroxyl groups is 1. The van der Waals surface area contributed by atoms with Crippen molar-refractivity contribution in [1.82, 2.24) is 5.32 Å². The van der Waals surface area contributed by atoms with Crippen molar-refractivity contribution in [2.45, 2.75) is 19.5 Å². The average Bonchev–Trinajstić information content (AvgIpc) is 2.44. The second kappa shape index (κ2) is 6.39. The molecule has 0 bridgehead atoms. The molecule has 0 aliphatic heterocycles. The first kappa shape index (κ1) is 14.3. The standard InChI is InChI=1S/C16H18FNO2/c1-11(13-6-7-16(20-2)15(17)9-13)18-10-12-4-3-5-14(19)8-12/h3-9,11,18-19H,10H2,1-2H3. The van der Waals surface area contributed by atoms with Gasteiger partial charge in [-0.3, -0.25) is 0 Å². The number of benzene rings is 2. The van der Waals surface area contributed by atoms with Gasteiger partial charge >= 0.3 is 0 Å². The SMILES string of the molecule is COc1ccc(C(C)NCc2cccc(O)c2)cc1F. The minimum atomic E-state index is -0.365. The summed E-state index contributed by atoms with van der Waals surface area (Å²) in [6.07, 6.45) is 0. The van der Waals surface area contributed by atoms with Crippen LogP contribution in [0.15, 0.2) is 42.5 Å². The maximum atomic E-state index is 13.6. The molecule has 2 rings (SSSR count). The van der Waals surface area contributed by atoms with E-state index in [1.165, 1.54) is 13.2 Å². The highest BCUT2D eigenvalue weighted by Gasteiger charge is 2.09. The Labute approximate surface area is 118 Å². The van der Waals surface area contributed by atoms with Crippen LogP contribution in [0, 0.1) is 5.82 Å². The van der Waals surface area contributed by atoms with E-state index in [1.807, 2.05) is 19.1 Å². The number of hydrogen-bond acceptors (Lipinski definition) is 3. The van der Waals surface area contributed by atoms with E-state index in [4.69, 9.17) is 4.74 Å². The van der Waals surface area contributed by atoms with Gasteiger partial charge in [0, 0.05) is 12.6 Å². The first-order chi connectivity index (χ1) is 9.60. The zero-order valence-corrected chi connectivity index (χ0v) is 11.6. The highest BCUT2D eigenvalue weighted by atomic mass is 19.1. The normalized spacial score (nSPS) is 12.2. The molecule has 3 nitrogen and oxygen atoms in total. The van der Waals surface area contributed by atoms with Gasteiger partial charge in [0.1, 0.15) is 5.75 Å². The van der Waals surface area contributed by atoms with Crippen LogP contribution in [0.25, 0.3) is 0 Å². The van der Waals surface area contributed by atoms with Crippen molar-refractivity contribution in [3.63, 3.8) is 0 Å². The van der Waals surface area contributed by atoms with Crippen molar-refractivity contribution in [1.29, 1.82) is 0 Å². The monoisotopic (exact) mass is 275 g/mol. The van der Waals surface area contributed by atoms with Crippen LogP contribution >= 0.6 is 0 Å². The second-order valence-electron chi connectivity index (χ2n) is 4.67. The number of methoxy groups -OCH3 is 1. The van der Waals surface area contributed by atoms with Gasteiger partial charge in [-0.25, -0.2) is 4.39 Å². The highest BCUT2D eigenvalue weighted by Crippen LogP contribution is 2.22. The zero-order chi connectivity index (χ0) is 14.5. The van der Waals surface area contributed by atoms with Crippen LogP contribution < -0.4 is 10.1 Å². The molecule has 0 saturated heterocycles. The molecule has 0 aliphatic rings. The fraction of sp³-hybridized carbons (Fsp3) is 0.250. The van der Waals surface area contributed by atoms with E-state index in [0.29, 0.717) is 6.54 Å². The molecule has 2 aromatic rings. The van der Waals surface area contributed by atoms with Crippen LogP contribution in [0.4, 0.5) is 4.39 Å². The molecule has 0 fully saturated rings. The van der Waals surface area contributed by atoms with E-state index >= 15 is 0 Å². The molecule has 0 radical (unpaired) electrons. The molecule has 0 amide bonds. The number of phenols is 1. The molecule has 2 aromatic carbocycles. The van der Waals surface area contributed by atoms with Crippen LogP contribution in [0.5, 0.6) is 11.5 Å². The van der Waals surface area contributed by atoms with Gasteiger partial charge in [-0.1, -0.05) is 18.2 Å². The minimum Gasteiger partial charge on any atom is -0.508 e. The molecule has 2 N–H and O–H groups in total. The summed E-state index contributed by atoms with van der Waals surface area (Å²) in [5, 5.41) is 12.7. The predicted molar refractivity (Wildman–Crippen MR) is 76.3 cm³/mol. The van der Waals surface area contributed by atoms with Crippen LogP contribution in [0.3, 0.4) is 0 Å². The largest absolute Gasteiger partial charge is 0.508 e. The van der Waals surface area contributed by atoms with Crippen LogP contribution in [0.2, 0.25) is 0 Å². The van der Waals surface area contributed by atoms with Gasteiger partial charge in [0.25, 0.3) is 0 Å². The van der Waals surface area contributed by atoms with E-state index in [2.05, 4.69) is 5.32 Å². The van der Waals surface area contributed by atoms with Crippen molar-refractivity contribution in [3.05, 3.63) is 59.4 Å². The molecule has 0 heterocycles. The molecule has 0 aromatic heterocycles. The third-order valence-corrected chi connectivity index (χ3v) is 3.20. The Morgan fingerprint density at radius 2 is 2.05 bits per heavy atom. The number of nitrogens with one attached hydrogen (secondary N) is 1. The van der Waals surface area contributed by atoms with Crippen LogP contribution in [-0.2, 0) is 6.54 Å². The van der Waals surface area contributed by atoms with E-state index < -0.39 is 0 Å². The lowest BCUT2D eigenvalue weighted by molar-refractivity contribution is 0.385. The molecule has 106 valence electrons. The van der Waals surface area contributed by atoms with Gasteiger partial charge in [0.2, 0.25) is 0 Å². The fourth-order valence-corrected chi connectivity index (χ4v) is 2.01. The zero-order valence-electron chi connectivity index (χ0n) is 11.6. The van der Waals surface area contributed by atoms with Gasteiger partial charge in [0.15, 0.2) is 11.6 Å². The third kappa shape index (κ3) is 3.48. The lowest BCUT2D eigenvalue weighted by atomic mass is 10.1. The average molecular weight is 275 g/mol. The van der Waals surface area contributed by atoms with Crippen molar-refractivity contribution in [2.24, 2.45) is 0 Å². The summed E-state index contributed by atoms with van der Waals surface area (Å²) in [7, 11) is 1.45. The van der Waals surface area contributed by atoms with Crippen LogP contribution in [0.1, 0.15) is 24.1 Å². The number of ether oxygens (including phenoxy) is 1. The quantitative estimate of drug-likeness (QED) is 0.879. The Bertz CT molecular complexity index is 586. The van der Waals surface area contributed by atoms with Crippen molar-refractivity contribution in [2.75, 3.05) is 7.11 Å². The maximum Gasteiger partial charge on any atom is 0.165 e. The van der Waals surface area contributed by atoms with E-state index in [-0.39, 0.29) is 23.4 Å². The summed E-state index contributed by atoms with van der Waals surface area (Å²) >= 11 is 0. The maximum absolute atomic E-state index is 13.6. The van der Waals surface area contributed by atoms with Crippen LogP contribution in [-0.4, -0.2) is 12.2 Å². The lowest BCUT2D eigenvalue weighted by Crippen LogP contribution is -2.18. The molecule has 1 unspecified atom stereocenters. The molecule has 0 spiro atoms. The summed E-state index contributed by atoms with van der Waals surface area (Å²) in [6, 6.07) is 12.0. The molecule has 20 heavy (non-hydrogen) atoms. The minimum absolute atomic E-state index is 0.00208. The molecular formula is C16H18FNO2. The number of phenolic OH excluding ortho intramolecular Hbond substituents is 1. The van der Waals surface area contributed by atoms with Gasteiger partial charge in [-0.2, -0.15) is 0 Å². The summed E-state index contributed by atoms with van der Waals surface area (Å²) < 4.78 is 18.5. The third-order valence-electron chi connectivity index (χ3n) is 3.20. The van der Waals surface area contributed by atoms with E-state index in [9.17, 15) is 9.50 Å². The summed E-state index contributed by atoms with van der Waals surface area (Å²) in [4.78, 5) is 0. The Balaban J connectivity index is 2.01. The molecule has 0 saturated carbocycles. The molecular weight excluding hydrogens is 257 g/mol. The number of hydrogen-bond donors (Lipinski definition) is 2. The first-order valence-corrected chi connectivity index (χ1v) is 6.45. The van der Waals surface area contributed by atoms with Crippen molar-refractivity contribution < 1.29 is 14.2 Å². The van der Waals surface area contributed by atoms with E-state index in [1.54, 1.807) is 24.3 Å². The smallest absolute Gasteiger partial charge is 0.165 e. The van der Waals surface area contributed by atoms with Crippen molar-refractivity contribution >= 4 is 0 Å². The first-order valence-electron chi connectivity index (χ1n) is 6.45. The lowest BCUT2D eigenvalue weighted by Gasteiger charge is -2.15. The highest BCUT2D eigenvalue weighted by molar-refractivity contribution is 5.31. The Hall–Kier alpha value is -2.07. The summed E-state index contributed by atoms with van der Waals surface area (Å²) in [5.74, 6) is 0.123. The van der Waals surface area contributed by atoms with Gasteiger partial charge in [-0.15, -0.1) is 0 Å².